The van der Waals surface area contributed by atoms with Gasteiger partial charge in [-0.2, -0.15) is 0 Å². The number of hydrogen-bond donors (Lipinski definition) is 0. The van der Waals surface area contributed by atoms with Crippen LogP contribution in [0.1, 0.15) is 23.7 Å². The molecule has 0 radical (unpaired) electrons. The zero-order valence-corrected chi connectivity index (χ0v) is 11.1. The number of hydrogen-bond acceptors (Lipinski definition) is 1. The Morgan fingerprint density at radius 2 is 2.12 bits per heavy atom. The highest BCUT2D eigenvalue weighted by atomic mass is 35.5. The molecule has 0 bridgehead atoms. The number of rotatable bonds is 5. The lowest BCUT2D eigenvalue weighted by Gasteiger charge is -2.21. The number of carbonyl (C=O) groups is 1. The Labute approximate surface area is 110 Å². The molecular formula is C12H14Cl2FNO. The summed E-state index contributed by atoms with van der Waals surface area (Å²) >= 11 is 11.3. The van der Waals surface area contributed by atoms with Gasteiger partial charge >= 0.3 is 0 Å². The summed E-state index contributed by atoms with van der Waals surface area (Å²) in [6, 6.07) is 4.04. The van der Waals surface area contributed by atoms with E-state index in [1.807, 2.05) is 6.92 Å². The first-order valence-corrected chi connectivity index (χ1v) is 6.31. The molecule has 2 nitrogen and oxygen atoms in total. The molecule has 0 atom stereocenters. The van der Waals surface area contributed by atoms with E-state index in [4.69, 9.17) is 23.2 Å². The summed E-state index contributed by atoms with van der Waals surface area (Å²) in [6.07, 6.45) is 0.803. The summed E-state index contributed by atoms with van der Waals surface area (Å²) in [7, 11) is 0. The van der Waals surface area contributed by atoms with E-state index >= 15 is 0 Å². The smallest absolute Gasteiger partial charge is 0.256 e. The molecule has 17 heavy (non-hydrogen) atoms. The molecule has 0 unspecified atom stereocenters. The van der Waals surface area contributed by atoms with Crippen molar-refractivity contribution in [2.45, 2.75) is 13.3 Å². The zero-order chi connectivity index (χ0) is 12.8. The largest absolute Gasteiger partial charge is 0.337 e. The predicted molar refractivity (Wildman–Crippen MR) is 68.3 cm³/mol. The van der Waals surface area contributed by atoms with Crippen LogP contribution in [-0.2, 0) is 0 Å². The zero-order valence-electron chi connectivity index (χ0n) is 9.55. The lowest BCUT2D eigenvalue weighted by Crippen LogP contribution is -2.34. The van der Waals surface area contributed by atoms with Crippen LogP contribution in [0, 0.1) is 5.82 Å². The molecule has 5 heteroatoms. The van der Waals surface area contributed by atoms with E-state index in [2.05, 4.69) is 0 Å². The van der Waals surface area contributed by atoms with Crippen molar-refractivity contribution in [3.63, 3.8) is 0 Å². The molecule has 0 fully saturated rings. The van der Waals surface area contributed by atoms with E-state index in [1.54, 1.807) is 4.90 Å². The molecule has 94 valence electrons. The van der Waals surface area contributed by atoms with Gasteiger partial charge in [0.15, 0.2) is 0 Å². The summed E-state index contributed by atoms with van der Waals surface area (Å²) in [5.41, 5.74) is 0.0352. The molecule has 0 saturated carbocycles. The van der Waals surface area contributed by atoms with Gasteiger partial charge in [0, 0.05) is 24.0 Å². The molecule has 0 aliphatic carbocycles. The molecule has 0 aromatic heterocycles. The first kappa shape index (κ1) is 14.3. The Balaban J connectivity index is 2.92. The van der Waals surface area contributed by atoms with E-state index in [9.17, 15) is 9.18 Å². The molecule has 1 rings (SSSR count). The highest BCUT2D eigenvalue weighted by Gasteiger charge is 2.18. The fourth-order valence-corrected chi connectivity index (χ4v) is 1.88. The molecule has 1 amide bonds. The maximum absolute atomic E-state index is 13.6. The Bertz CT molecular complexity index is 392. The third kappa shape index (κ3) is 3.86. The molecule has 0 N–H and O–H groups in total. The molecule has 1 aromatic carbocycles. The SMILES string of the molecule is CCCN(CCCl)C(=O)c1ccc(Cl)cc1F. The normalized spacial score (nSPS) is 10.4. The quantitative estimate of drug-likeness (QED) is 0.754. The van der Waals surface area contributed by atoms with Crippen LogP contribution in [0.3, 0.4) is 0 Å². The van der Waals surface area contributed by atoms with E-state index in [-0.39, 0.29) is 16.5 Å². The molecule has 0 saturated heterocycles. The van der Waals surface area contributed by atoms with Crippen molar-refractivity contribution in [2.75, 3.05) is 19.0 Å². The first-order valence-electron chi connectivity index (χ1n) is 5.40. The molecular weight excluding hydrogens is 264 g/mol. The van der Waals surface area contributed by atoms with Gasteiger partial charge in [0.1, 0.15) is 5.82 Å². The van der Waals surface area contributed by atoms with Crippen molar-refractivity contribution in [3.05, 3.63) is 34.6 Å². The van der Waals surface area contributed by atoms with Crippen LogP contribution in [-0.4, -0.2) is 29.8 Å². The Kier molecular flexibility index (Phi) is 5.72. The second-order valence-corrected chi connectivity index (χ2v) is 4.42. The number of carbonyl (C=O) groups excluding carboxylic acids is 1. The topological polar surface area (TPSA) is 20.3 Å². The Hall–Kier alpha value is -0.800. The summed E-state index contributed by atoms with van der Waals surface area (Å²) in [5, 5.41) is 0.276. The highest BCUT2D eigenvalue weighted by molar-refractivity contribution is 6.30. The lowest BCUT2D eigenvalue weighted by atomic mass is 10.2. The van der Waals surface area contributed by atoms with Crippen molar-refractivity contribution < 1.29 is 9.18 Å². The van der Waals surface area contributed by atoms with E-state index in [0.717, 1.165) is 12.5 Å². The Morgan fingerprint density at radius 1 is 1.41 bits per heavy atom. The maximum atomic E-state index is 13.6. The molecule has 0 spiro atoms. The van der Waals surface area contributed by atoms with E-state index in [0.29, 0.717) is 19.0 Å². The van der Waals surface area contributed by atoms with Crippen LogP contribution < -0.4 is 0 Å². The standard InChI is InChI=1S/C12H14Cl2FNO/c1-2-6-16(7-5-13)12(17)10-4-3-9(14)8-11(10)15/h3-4,8H,2,5-7H2,1H3. The van der Waals surface area contributed by atoms with Crippen LogP contribution in [0.2, 0.25) is 5.02 Å². The number of benzene rings is 1. The van der Waals surface area contributed by atoms with Crippen LogP contribution in [0.5, 0.6) is 0 Å². The van der Waals surface area contributed by atoms with Crippen molar-refractivity contribution in [1.82, 2.24) is 4.90 Å². The fraction of sp³-hybridized carbons (Fsp3) is 0.417. The second kappa shape index (κ2) is 6.82. The van der Waals surface area contributed by atoms with Gasteiger partial charge in [-0.3, -0.25) is 4.79 Å². The minimum atomic E-state index is -0.599. The van der Waals surface area contributed by atoms with Gasteiger partial charge in [-0.05, 0) is 24.6 Å². The predicted octanol–water partition coefficient (Wildman–Crippen LogP) is 3.57. The fourth-order valence-electron chi connectivity index (χ4n) is 1.52. The summed E-state index contributed by atoms with van der Waals surface area (Å²) in [6.45, 7) is 2.93. The lowest BCUT2D eigenvalue weighted by molar-refractivity contribution is 0.0761. The molecule has 0 aliphatic heterocycles. The third-order valence-corrected chi connectivity index (χ3v) is 2.70. The minimum Gasteiger partial charge on any atom is -0.337 e. The Morgan fingerprint density at radius 3 is 2.65 bits per heavy atom. The number of halogens is 3. The first-order chi connectivity index (χ1) is 8.10. The highest BCUT2D eigenvalue weighted by Crippen LogP contribution is 2.16. The van der Waals surface area contributed by atoms with Gasteiger partial charge in [-0.1, -0.05) is 18.5 Å². The van der Waals surface area contributed by atoms with Gasteiger partial charge in [-0.15, -0.1) is 11.6 Å². The van der Waals surface area contributed by atoms with Crippen molar-refractivity contribution in [1.29, 1.82) is 0 Å². The van der Waals surface area contributed by atoms with Gasteiger partial charge in [-0.25, -0.2) is 4.39 Å². The molecule has 0 heterocycles. The van der Waals surface area contributed by atoms with Crippen LogP contribution in [0.25, 0.3) is 0 Å². The summed E-state index contributed by atoms with van der Waals surface area (Å²) in [5.74, 6) is -0.610. The minimum absolute atomic E-state index is 0.0352. The third-order valence-electron chi connectivity index (χ3n) is 2.30. The van der Waals surface area contributed by atoms with Crippen LogP contribution in [0.15, 0.2) is 18.2 Å². The maximum Gasteiger partial charge on any atom is 0.256 e. The molecule has 0 aliphatic rings. The average molecular weight is 278 g/mol. The van der Waals surface area contributed by atoms with Crippen LogP contribution in [0.4, 0.5) is 4.39 Å². The van der Waals surface area contributed by atoms with Gasteiger partial charge in [0.2, 0.25) is 0 Å². The van der Waals surface area contributed by atoms with E-state index in [1.165, 1.54) is 12.1 Å². The van der Waals surface area contributed by atoms with Crippen molar-refractivity contribution in [2.24, 2.45) is 0 Å². The van der Waals surface area contributed by atoms with Crippen molar-refractivity contribution >= 4 is 29.1 Å². The number of nitrogens with zero attached hydrogens (tertiary/aromatic N) is 1. The van der Waals surface area contributed by atoms with E-state index < -0.39 is 5.82 Å². The number of amides is 1. The molecule has 1 aromatic rings. The number of alkyl halides is 1. The van der Waals surface area contributed by atoms with Crippen LogP contribution >= 0.6 is 23.2 Å². The van der Waals surface area contributed by atoms with Crippen molar-refractivity contribution in [3.8, 4) is 0 Å². The van der Waals surface area contributed by atoms with Gasteiger partial charge in [0.25, 0.3) is 5.91 Å². The summed E-state index contributed by atoms with van der Waals surface area (Å²) in [4.78, 5) is 13.6. The second-order valence-electron chi connectivity index (χ2n) is 3.61. The van der Waals surface area contributed by atoms with Gasteiger partial charge in [0.05, 0.1) is 5.56 Å². The average Bonchev–Trinajstić information content (AvgIpc) is 2.28. The monoisotopic (exact) mass is 277 g/mol. The summed E-state index contributed by atoms with van der Waals surface area (Å²) < 4.78 is 13.6. The van der Waals surface area contributed by atoms with Gasteiger partial charge < -0.3 is 4.90 Å².